The topological polar surface area (TPSA) is 29.5 Å². The molecule has 11 aromatic carbocycles. The lowest BCUT2D eigenvalue weighted by Crippen LogP contribution is -2.24. The van der Waals surface area contributed by atoms with Crippen molar-refractivity contribution in [1.82, 2.24) is 0 Å². The van der Waals surface area contributed by atoms with Crippen molar-refractivity contribution < 1.29 is 8.83 Å². The van der Waals surface area contributed by atoms with Gasteiger partial charge in [0, 0.05) is 65.7 Å². The number of furan rings is 2. The molecule has 0 fully saturated rings. The summed E-state index contributed by atoms with van der Waals surface area (Å²) in [6.07, 6.45) is 0. The van der Waals surface area contributed by atoms with Gasteiger partial charge in [-0.2, -0.15) is 0 Å². The SMILES string of the molecule is CC1(C)c2cc(N(c3ccc4c(c3)C(C)(C)c3c5c(c6oc7ccccc7c6c3-4)-c3ccccc3C5(C)C)c3cccc4ccccc34)ccc2-c2c1cc(-c1cccc(-c3ccccc3)c1)c1oc3ccccc3c21. The Kier molecular flexibility index (Phi) is 8.65. The molecule has 0 atom stereocenters. The van der Waals surface area contributed by atoms with Gasteiger partial charge in [0.2, 0.25) is 0 Å². The van der Waals surface area contributed by atoms with E-state index in [1.807, 2.05) is 0 Å². The van der Waals surface area contributed by atoms with E-state index in [0.29, 0.717) is 0 Å². The van der Waals surface area contributed by atoms with E-state index < -0.39 is 0 Å². The van der Waals surface area contributed by atoms with Gasteiger partial charge in [-0.1, -0.05) is 199 Å². The van der Waals surface area contributed by atoms with Crippen LogP contribution in [-0.4, -0.2) is 0 Å². The molecule has 0 amide bonds. The second kappa shape index (κ2) is 15.1. The Morgan fingerprint density at radius 3 is 1.61 bits per heavy atom. The molecule has 3 heteroatoms. The fourth-order valence-electron chi connectivity index (χ4n) is 14.4. The average molecular weight is 976 g/mol. The first-order chi connectivity index (χ1) is 37.0. The van der Waals surface area contributed by atoms with Gasteiger partial charge in [-0.15, -0.1) is 0 Å². The molecule has 0 unspecified atom stereocenters. The molecule has 13 aromatic rings. The van der Waals surface area contributed by atoms with Crippen molar-refractivity contribution in [3.05, 3.63) is 246 Å². The summed E-state index contributed by atoms with van der Waals surface area (Å²) in [5.74, 6) is 0. The number of benzene rings is 11. The Balaban J connectivity index is 0.915. The summed E-state index contributed by atoms with van der Waals surface area (Å²) in [4.78, 5) is 2.53. The highest BCUT2D eigenvalue weighted by Crippen LogP contribution is 2.64. The fourth-order valence-corrected chi connectivity index (χ4v) is 14.4. The molecule has 3 aliphatic carbocycles. The first-order valence-corrected chi connectivity index (χ1v) is 26.8. The van der Waals surface area contributed by atoms with E-state index in [4.69, 9.17) is 8.83 Å². The highest BCUT2D eigenvalue weighted by molar-refractivity contribution is 6.22. The Morgan fingerprint density at radius 1 is 0.329 bits per heavy atom. The Bertz CT molecular complexity index is 4670. The third kappa shape index (κ3) is 5.67. The number of rotatable bonds is 5. The van der Waals surface area contributed by atoms with Crippen molar-refractivity contribution in [2.75, 3.05) is 4.90 Å². The Morgan fingerprint density at radius 2 is 0.855 bits per heavy atom. The predicted molar refractivity (Wildman–Crippen MR) is 317 cm³/mol. The number of hydrogen-bond acceptors (Lipinski definition) is 3. The molecular formula is C73H53NO2. The van der Waals surface area contributed by atoms with Crippen LogP contribution in [0.3, 0.4) is 0 Å². The molecule has 0 N–H and O–H groups in total. The van der Waals surface area contributed by atoms with Crippen molar-refractivity contribution in [1.29, 1.82) is 0 Å². The molecule has 76 heavy (non-hydrogen) atoms. The van der Waals surface area contributed by atoms with Crippen LogP contribution in [0, 0.1) is 0 Å². The number of fused-ring (bicyclic) bond motifs is 20. The molecule has 3 nitrogen and oxygen atoms in total. The van der Waals surface area contributed by atoms with Crippen molar-refractivity contribution in [3.63, 3.8) is 0 Å². The van der Waals surface area contributed by atoms with Crippen LogP contribution in [0.25, 0.3) is 110 Å². The zero-order valence-corrected chi connectivity index (χ0v) is 43.5. The van der Waals surface area contributed by atoms with Crippen LogP contribution in [0.5, 0.6) is 0 Å². The highest BCUT2D eigenvalue weighted by atomic mass is 16.3. The van der Waals surface area contributed by atoms with Gasteiger partial charge in [0.15, 0.2) is 0 Å². The molecule has 3 aliphatic rings. The molecule has 0 radical (unpaired) electrons. The van der Waals surface area contributed by atoms with Gasteiger partial charge in [-0.05, 0) is 138 Å². The summed E-state index contributed by atoms with van der Waals surface area (Å²) >= 11 is 0. The van der Waals surface area contributed by atoms with E-state index in [-0.39, 0.29) is 16.2 Å². The summed E-state index contributed by atoms with van der Waals surface area (Å²) in [6, 6.07) is 78.4. The van der Waals surface area contributed by atoms with Crippen LogP contribution < -0.4 is 4.90 Å². The van der Waals surface area contributed by atoms with Gasteiger partial charge >= 0.3 is 0 Å². The van der Waals surface area contributed by atoms with Crippen LogP contribution in [-0.2, 0) is 16.2 Å². The maximum atomic E-state index is 7.03. The number of anilines is 3. The van der Waals surface area contributed by atoms with Crippen molar-refractivity contribution in [2.24, 2.45) is 0 Å². The maximum Gasteiger partial charge on any atom is 0.144 e. The van der Waals surface area contributed by atoms with Gasteiger partial charge in [0.1, 0.15) is 22.3 Å². The smallest absolute Gasteiger partial charge is 0.144 e. The first-order valence-electron chi connectivity index (χ1n) is 26.8. The van der Waals surface area contributed by atoms with Gasteiger partial charge in [0.25, 0.3) is 0 Å². The minimum atomic E-state index is -0.353. The highest BCUT2D eigenvalue weighted by Gasteiger charge is 2.49. The number of para-hydroxylation sites is 2. The van der Waals surface area contributed by atoms with Crippen LogP contribution in [0.2, 0.25) is 0 Å². The summed E-state index contributed by atoms with van der Waals surface area (Å²) in [5.41, 5.74) is 26.5. The average Bonchev–Trinajstić information content (AvgIpc) is 4.21. The molecule has 362 valence electrons. The van der Waals surface area contributed by atoms with Gasteiger partial charge in [-0.3, -0.25) is 0 Å². The number of hydrogen-bond donors (Lipinski definition) is 0. The monoisotopic (exact) mass is 975 g/mol. The van der Waals surface area contributed by atoms with Gasteiger partial charge in [-0.25, -0.2) is 0 Å². The lowest BCUT2D eigenvalue weighted by molar-refractivity contribution is 0.600. The molecule has 16 rings (SSSR count). The zero-order chi connectivity index (χ0) is 51.0. The van der Waals surface area contributed by atoms with Crippen LogP contribution in [0.1, 0.15) is 74.9 Å². The molecular weight excluding hydrogens is 923 g/mol. The van der Waals surface area contributed by atoms with E-state index in [9.17, 15) is 0 Å². The van der Waals surface area contributed by atoms with Crippen LogP contribution in [0.15, 0.2) is 221 Å². The van der Waals surface area contributed by atoms with Crippen molar-refractivity contribution in [2.45, 2.75) is 57.8 Å². The minimum absolute atomic E-state index is 0.240. The van der Waals surface area contributed by atoms with Gasteiger partial charge < -0.3 is 13.7 Å². The van der Waals surface area contributed by atoms with E-state index in [2.05, 4.69) is 259 Å². The molecule has 0 spiro atoms. The van der Waals surface area contributed by atoms with Crippen molar-refractivity contribution in [3.8, 4) is 55.6 Å². The van der Waals surface area contributed by atoms with Crippen LogP contribution in [0.4, 0.5) is 17.1 Å². The van der Waals surface area contributed by atoms with Crippen molar-refractivity contribution >= 4 is 71.7 Å². The summed E-state index contributed by atoms with van der Waals surface area (Å²) in [7, 11) is 0. The van der Waals surface area contributed by atoms with Crippen LogP contribution >= 0.6 is 0 Å². The third-order valence-corrected chi connectivity index (χ3v) is 18.0. The van der Waals surface area contributed by atoms with Gasteiger partial charge in [0.05, 0.1) is 5.69 Å². The lowest BCUT2D eigenvalue weighted by atomic mass is 9.72. The molecule has 2 heterocycles. The predicted octanol–water partition coefficient (Wildman–Crippen LogP) is 20.4. The lowest BCUT2D eigenvalue weighted by Gasteiger charge is -2.32. The summed E-state index contributed by atoms with van der Waals surface area (Å²) < 4.78 is 14.0. The van der Waals surface area contributed by atoms with E-state index in [1.165, 1.54) is 105 Å². The molecule has 2 aromatic heterocycles. The van der Waals surface area contributed by atoms with E-state index in [1.54, 1.807) is 0 Å². The molecule has 0 saturated heterocycles. The molecule has 0 bridgehead atoms. The first kappa shape index (κ1) is 43.5. The standard InChI is InChI=1S/C73H53NO2/c1-71(2)56-39-46(34-36-50(56)62-58(71)41-54(69-64(62)52-28-13-16-32-60(52)75-69)45-25-18-24-44(38-45)42-20-8-7-9-21-42)74(59-31-19-23-43-22-10-11-26-48(43)59)47-35-37-51-57(40-47)73(5,6)67-63(51)65-53-29-14-17-33-61(53)76-70(65)66-49-27-12-15-30-55(49)72(3,4)68(66)67/h7-41H,1-6H3. The zero-order valence-electron chi connectivity index (χ0n) is 43.5. The molecule has 0 aliphatic heterocycles. The fraction of sp³-hybridized carbons (Fsp3) is 0.123. The normalized spacial score (nSPS) is 15.0. The van der Waals surface area contributed by atoms with E-state index in [0.717, 1.165) is 55.9 Å². The third-order valence-electron chi connectivity index (χ3n) is 18.0. The number of nitrogens with zero attached hydrogens (tertiary/aromatic N) is 1. The Labute approximate surface area is 442 Å². The quantitative estimate of drug-likeness (QED) is 0.172. The minimum Gasteiger partial charge on any atom is -0.455 e. The van der Waals surface area contributed by atoms with E-state index >= 15 is 0 Å². The second-order valence-corrected chi connectivity index (χ2v) is 23.1. The second-order valence-electron chi connectivity index (χ2n) is 23.1. The summed E-state index contributed by atoms with van der Waals surface area (Å²) in [6.45, 7) is 14.6. The maximum absolute atomic E-state index is 7.03. The largest absolute Gasteiger partial charge is 0.455 e. The molecule has 0 saturated carbocycles. The summed E-state index contributed by atoms with van der Waals surface area (Å²) in [5, 5.41) is 7.11. The Hall–Kier alpha value is -8.92.